The molecule has 0 bridgehead atoms. The maximum Gasteiger partial charge on any atom is 0.122 e. The van der Waals surface area contributed by atoms with Crippen LogP contribution < -0.4 is 15.8 Å². The van der Waals surface area contributed by atoms with Crippen LogP contribution in [0, 0.1) is 13.8 Å². The van der Waals surface area contributed by atoms with Crippen molar-refractivity contribution in [1.82, 2.24) is 5.32 Å². The van der Waals surface area contributed by atoms with Gasteiger partial charge in [0.2, 0.25) is 0 Å². The first-order valence-electron chi connectivity index (χ1n) is 6.15. The molecular formula is C14H24N2O. The highest BCUT2D eigenvalue weighted by atomic mass is 16.5. The van der Waals surface area contributed by atoms with Crippen LogP contribution in [0.4, 0.5) is 0 Å². The molecule has 0 amide bonds. The predicted molar refractivity (Wildman–Crippen MR) is 72.7 cm³/mol. The van der Waals surface area contributed by atoms with E-state index in [-0.39, 0.29) is 6.04 Å². The van der Waals surface area contributed by atoms with Gasteiger partial charge in [0.15, 0.2) is 0 Å². The molecule has 1 rings (SSSR count). The smallest absolute Gasteiger partial charge is 0.122 e. The molecule has 96 valence electrons. The summed E-state index contributed by atoms with van der Waals surface area (Å²) in [7, 11) is 1.71. The van der Waals surface area contributed by atoms with Gasteiger partial charge in [-0.25, -0.2) is 0 Å². The van der Waals surface area contributed by atoms with Crippen molar-refractivity contribution in [1.29, 1.82) is 0 Å². The quantitative estimate of drug-likeness (QED) is 0.740. The van der Waals surface area contributed by atoms with Crippen LogP contribution in [-0.4, -0.2) is 26.2 Å². The van der Waals surface area contributed by atoms with Crippen molar-refractivity contribution in [3.63, 3.8) is 0 Å². The van der Waals surface area contributed by atoms with Crippen LogP contribution >= 0.6 is 0 Å². The second-order valence-electron chi connectivity index (χ2n) is 4.68. The van der Waals surface area contributed by atoms with Crippen molar-refractivity contribution >= 4 is 0 Å². The normalized spacial score (nSPS) is 12.5. The molecule has 0 fully saturated rings. The van der Waals surface area contributed by atoms with Gasteiger partial charge in [0.05, 0.1) is 7.11 Å². The largest absolute Gasteiger partial charge is 0.496 e. The van der Waals surface area contributed by atoms with Crippen LogP contribution in [0.2, 0.25) is 0 Å². The van der Waals surface area contributed by atoms with Crippen LogP contribution in [-0.2, 0) is 6.42 Å². The molecule has 3 nitrogen and oxygen atoms in total. The molecule has 0 spiro atoms. The first-order chi connectivity index (χ1) is 8.04. The third-order valence-corrected chi connectivity index (χ3v) is 2.89. The van der Waals surface area contributed by atoms with Gasteiger partial charge in [-0.1, -0.05) is 6.07 Å². The third-order valence-electron chi connectivity index (χ3n) is 2.89. The molecule has 1 aromatic carbocycles. The van der Waals surface area contributed by atoms with E-state index in [0.29, 0.717) is 0 Å². The zero-order valence-electron chi connectivity index (χ0n) is 11.3. The Hall–Kier alpha value is -1.06. The van der Waals surface area contributed by atoms with Crippen molar-refractivity contribution in [2.75, 3.05) is 20.2 Å². The SMILES string of the molecule is COc1cc(C)c(CCNCC(C)N)cc1C. The van der Waals surface area contributed by atoms with Crippen LogP contribution in [0.1, 0.15) is 23.6 Å². The lowest BCUT2D eigenvalue weighted by molar-refractivity contribution is 0.411. The minimum absolute atomic E-state index is 0.216. The maximum atomic E-state index is 5.68. The van der Waals surface area contributed by atoms with E-state index in [4.69, 9.17) is 10.5 Å². The van der Waals surface area contributed by atoms with Crippen molar-refractivity contribution in [2.45, 2.75) is 33.2 Å². The number of nitrogens with two attached hydrogens (primary N) is 1. The van der Waals surface area contributed by atoms with Gasteiger partial charge in [-0.05, 0) is 56.5 Å². The number of aryl methyl sites for hydroxylation is 2. The molecule has 3 N–H and O–H groups in total. The second-order valence-corrected chi connectivity index (χ2v) is 4.68. The van der Waals surface area contributed by atoms with E-state index in [2.05, 4.69) is 31.3 Å². The molecule has 0 heterocycles. The van der Waals surface area contributed by atoms with Gasteiger partial charge >= 0.3 is 0 Å². The summed E-state index contributed by atoms with van der Waals surface area (Å²) in [5.41, 5.74) is 9.54. The number of methoxy groups -OCH3 is 1. The van der Waals surface area contributed by atoms with Gasteiger partial charge in [-0.3, -0.25) is 0 Å². The zero-order valence-corrected chi connectivity index (χ0v) is 11.3. The number of rotatable bonds is 6. The molecule has 3 heteroatoms. The zero-order chi connectivity index (χ0) is 12.8. The summed E-state index contributed by atoms with van der Waals surface area (Å²) in [6, 6.07) is 4.53. The summed E-state index contributed by atoms with van der Waals surface area (Å²) >= 11 is 0. The van der Waals surface area contributed by atoms with Gasteiger partial charge in [0.25, 0.3) is 0 Å². The van der Waals surface area contributed by atoms with Gasteiger partial charge < -0.3 is 15.8 Å². The fraction of sp³-hybridized carbons (Fsp3) is 0.571. The number of benzene rings is 1. The van der Waals surface area contributed by atoms with Gasteiger partial charge in [0, 0.05) is 12.6 Å². The average Bonchev–Trinajstić information content (AvgIpc) is 2.28. The highest BCUT2D eigenvalue weighted by molar-refractivity contribution is 5.41. The molecule has 17 heavy (non-hydrogen) atoms. The van der Waals surface area contributed by atoms with Crippen LogP contribution in [0.25, 0.3) is 0 Å². The Bertz CT molecular complexity index is 361. The maximum absolute atomic E-state index is 5.68. The van der Waals surface area contributed by atoms with Crippen LogP contribution in [0.3, 0.4) is 0 Å². The van der Waals surface area contributed by atoms with Crippen molar-refractivity contribution in [2.24, 2.45) is 5.73 Å². The molecule has 1 atom stereocenters. The summed E-state index contributed by atoms with van der Waals surface area (Å²) in [6.45, 7) is 8.05. The minimum atomic E-state index is 0.216. The van der Waals surface area contributed by atoms with Crippen molar-refractivity contribution in [3.05, 3.63) is 28.8 Å². The lowest BCUT2D eigenvalue weighted by Gasteiger charge is -2.12. The fourth-order valence-electron chi connectivity index (χ4n) is 1.89. The highest BCUT2D eigenvalue weighted by Gasteiger charge is 2.04. The summed E-state index contributed by atoms with van der Waals surface area (Å²) < 4.78 is 5.31. The minimum Gasteiger partial charge on any atom is -0.496 e. The van der Waals surface area contributed by atoms with Crippen LogP contribution in [0.15, 0.2) is 12.1 Å². The Morgan fingerprint density at radius 2 is 2.00 bits per heavy atom. The Morgan fingerprint density at radius 1 is 1.29 bits per heavy atom. The summed E-state index contributed by atoms with van der Waals surface area (Å²) in [5, 5.41) is 3.35. The lowest BCUT2D eigenvalue weighted by Crippen LogP contribution is -2.32. The van der Waals surface area contributed by atoms with Crippen LogP contribution in [0.5, 0.6) is 5.75 Å². The first-order valence-corrected chi connectivity index (χ1v) is 6.15. The summed E-state index contributed by atoms with van der Waals surface area (Å²) in [4.78, 5) is 0. The Labute approximate surface area is 104 Å². The molecule has 0 aromatic heterocycles. The monoisotopic (exact) mass is 236 g/mol. The Balaban J connectivity index is 2.56. The predicted octanol–water partition coefficient (Wildman–Crippen LogP) is 1.79. The molecule has 0 saturated carbocycles. The van der Waals surface area contributed by atoms with E-state index in [1.165, 1.54) is 16.7 Å². The highest BCUT2D eigenvalue weighted by Crippen LogP contribution is 2.22. The van der Waals surface area contributed by atoms with E-state index in [1.807, 2.05) is 6.92 Å². The van der Waals surface area contributed by atoms with E-state index < -0.39 is 0 Å². The molecular weight excluding hydrogens is 212 g/mol. The number of nitrogens with one attached hydrogen (secondary N) is 1. The van der Waals surface area contributed by atoms with Crippen molar-refractivity contribution in [3.8, 4) is 5.75 Å². The topological polar surface area (TPSA) is 47.3 Å². The van der Waals surface area contributed by atoms with Gasteiger partial charge in [-0.2, -0.15) is 0 Å². The number of hydrogen-bond acceptors (Lipinski definition) is 3. The molecule has 0 aliphatic heterocycles. The standard InChI is InChI=1S/C14H24N2O/c1-10-8-14(17-4)11(2)7-13(10)5-6-16-9-12(3)15/h7-8,12,16H,5-6,9,15H2,1-4H3. The van der Waals surface area contributed by atoms with E-state index in [1.54, 1.807) is 7.11 Å². The average molecular weight is 236 g/mol. The van der Waals surface area contributed by atoms with E-state index in [9.17, 15) is 0 Å². The number of hydrogen-bond donors (Lipinski definition) is 2. The molecule has 1 aromatic rings. The van der Waals surface area contributed by atoms with Gasteiger partial charge in [0.1, 0.15) is 5.75 Å². The Kier molecular flexibility index (Phi) is 5.45. The number of ether oxygens (including phenoxy) is 1. The van der Waals surface area contributed by atoms with E-state index in [0.717, 1.165) is 25.3 Å². The Morgan fingerprint density at radius 3 is 2.59 bits per heavy atom. The summed E-state index contributed by atoms with van der Waals surface area (Å²) in [5.74, 6) is 0.967. The third kappa shape index (κ3) is 4.36. The molecule has 1 unspecified atom stereocenters. The van der Waals surface area contributed by atoms with E-state index >= 15 is 0 Å². The molecule has 0 aliphatic carbocycles. The second kappa shape index (κ2) is 6.62. The fourth-order valence-corrected chi connectivity index (χ4v) is 1.89. The lowest BCUT2D eigenvalue weighted by atomic mass is 10.0. The molecule has 0 aliphatic rings. The van der Waals surface area contributed by atoms with Crippen molar-refractivity contribution < 1.29 is 4.74 Å². The molecule has 0 radical (unpaired) electrons. The summed E-state index contributed by atoms with van der Waals surface area (Å²) in [6.07, 6.45) is 1.03. The molecule has 0 saturated heterocycles. The van der Waals surface area contributed by atoms with Gasteiger partial charge in [-0.15, -0.1) is 0 Å². The first kappa shape index (κ1) is 14.0.